The number of carbonyl (C=O) groups is 2. The molecule has 0 radical (unpaired) electrons. The number of fused-ring (bicyclic) bond motifs is 1. The van der Waals surface area contributed by atoms with Crippen LogP contribution in [0.2, 0.25) is 0 Å². The van der Waals surface area contributed by atoms with E-state index in [9.17, 15) is 9.59 Å². The summed E-state index contributed by atoms with van der Waals surface area (Å²) in [6.07, 6.45) is 0. The van der Waals surface area contributed by atoms with Crippen LogP contribution in [-0.2, 0) is 0 Å². The van der Waals surface area contributed by atoms with Crippen LogP contribution < -0.4 is 10.1 Å². The van der Waals surface area contributed by atoms with Crippen LogP contribution in [0.4, 0.5) is 5.69 Å². The fourth-order valence-electron chi connectivity index (χ4n) is 3.98. The fourth-order valence-corrected chi connectivity index (χ4v) is 4.52. The number of hydrogen-bond donors (Lipinski definition) is 1. The Hall–Kier alpha value is -4.17. The van der Waals surface area contributed by atoms with Crippen molar-refractivity contribution < 1.29 is 23.3 Å². The topological polar surface area (TPSA) is 94.6 Å². The Balaban J connectivity index is 1.57. The number of anilines is 1. The van der Waals surface area contributed by atoms with E-state index in [-0.39, 0.29) is 22.8 Å². The molecule has 0 spiro atoms. The Morgan fingerprint density at radius 3 is 2.47 bits per heavy atom. The first kappa shape index (κ1) is 23.6. The van der Waals surface area contributed by atoms with E-state index in [1.54, 1.807) is 50.4 Å². The van der Waals surface area contributed by atoms with Crippen molar-refractivity contribution in [1.82, 2.24) is 5.16 Å². The predicted molar refractivity (Wildman–Crippen MR) is 140 cm³/mol. The number of rotatable bonds is 6. The van der Waals surface area contributed by atoms with Crippen LogP contribution in [0, 0.1) is 13.8 Å². The lowest BCUT2D eigenvalue weighted by molar-refractivity contribution is 0.101. The van der Waals surface area contributed by atoms with Crippen LogP contribution in [0.3, 0.4) is 0 Å². The van der Waals surface area contributed by atoms with Gasteiger partial charge < -0.3 is 19.0 Å². The zero-order chi connectivity index (χ0) is 25.4. The van der Waals surface area contributed by atoms with Gasteiger partial charge in [0.05, 0.1) is 23.0 Å². The summed E-state index contributed by atoms with van der Waals surface area (Å²) >= 11 is 3.42. The van der Waals surface area contributed by atoms with E-state index < -0.39 is 5.91 Å². The van der Waals surface area contributed by atoms with Crippen molar-refractivity contribution in [1.29, 1.82) is 0 Å². The number of ketones is 1. The summed E-state index contributed by atoms with van der Waals surface area (Å²) in [4.78, 5) is 27.1. The second-order valence-corrected chi connectivity index (χ2v) is 9.13. The van der Waals surface area contributed by atoms with Gasteiger partial charge in [0.1, 0.15) is 16.9 Å². The van der Waals surface area contributed by atoms with Crippen molar-refractivity contribution in [2.75, 3.05) is 12.4 Å². The quantitative estimate of drug-likeness (QED) is 0.232. The molecule has 0 aliphatic carbocycles. The van der Waals surface area contributed by atoms with E-state index >= 15 is 0 Å². The lowest BCUT2D eigenvalue weighted by Gasteiger charge is -2.08. The van der Waals surface area contributed by atoms with Gasteiger partial charge in [0.2, 0.25) is 5.78 Å². The second-order valence-electron chi connectivity index (χ2n) is 8.27. The molecule has 5 aromatic rings. The number of furan rings is 1. The van der Waals surface area contributed by atoms with Gasteiger partial charge in [-0.2, -0.15) is 0 Å². The first-order valence-corrected chi connectivity index (χ1v) is 11.9. The smallest absolute Gasteiger partial charge is 0.261 e. The summed E-state index contributed by atoms with van der Waals surface area (Å²) in [5, 5.41) is 7.52. The maximum Gasteiger partial charge on any atom is 0.261 e. The van der Waals surface area contributed by atoms with Gasteiger partial charge in [-0.15, -0.1) is 0 Å². The number of carbonyl (C=O) groups excluding carboxylic acids is 2. The summed E-state index contributed by atoms with van der Waals surface area (Å²) in [7, 11) is 1.55. The molecule has 0 unspecified atom stereocenters. The van der Waals surface area contributed by atoms with Crippen molar-refractivity contribution in [2.24, 2.45) is 0 Å². The number of nitrogens with zero attached hydrogens (tertiary/aromatic N) is 1. The minimum Gasteiger partial charge on any atom is -0.496 e. The molecule has 0 aliphatic heterocycles. The number of halogens is 1. The van der Waals surface area contributed by atoms with Gasteiger partial charge in [-0.25, -0.2) is 0 Å². The van der Waals surface area contributed by atoms with Crippen LogP contribution in [0.1, 0.15) is 37.7 Å². The SMILES string of the molecule is COc1ccc(C(=O)c2oc3ccccc3c2NC(=O)c2c(C)noc2-c2ccc(C)cc2)cc1Br. The Morgan fingerprint density at radius 1 is 1.00 bits per heavy atom. The zero-order valence-electron chi connectivity index (χ0n) is 19.7. The molecule has 180 valence electrons. The Kier molecular flexibility index (Phi) is 6.20. The molecule has 3 aromatic carbocycles. The first-order valence-electron chi connectivity index (χ1n) is 11.1. The van der Waals surface area contributed by atoms with E-state index in [1.165, 1.54) is 0 Å². The number of ether oxygens (including phenoxy) is 1. The van der Waals surface area contributed by atoms with Gasteiger partial charge in [-0.3, -0.25) is 9.59 Å². The van der Waals surface area contributed by atoms with E-state index in [4.69, 9.17) is 13.7 Å². The maximum absolute atomic E-state index is 13.6. The summed E-state index contributed by atoms with van der Waals surface area (Å²) < 4.78 is 17.3. The number of benzene rings is 3. The summed E-state index contributed by atoms with van der Waals surface area (Å²) in [6, 6.07) is 19.7. The summed E-state index contributed by atoms with van der Waals surface area (Å²) in [5.74, 6) is 0.125. The highest BCUT2D eigenvalue weighted by molar-refractivity contribution is 9.10. The zero-order valence-corrected chi connectivity index (χ0v) is 21.3. The highest BCUT2D eigenvalue weighted by Crippen LogP contribution is 2.35. The fraction of sp³-hybridized carbons (Fsp3) is 0.107. The van der Waals surface area contributed by atoms with Crippen LogP contribution in [0.25, 0.3) is 22.3 Å². The molecule has 1 amide bonds. The van der Waals surface area contributed by atoms with Gasteiger partial charge in [-0.1, -0.05) is 47.1 Å². The van der Waals surface area contributed by atoms with Gasteiger partial charge in [0, 0.05) is 16.5 Å². The molecule has 2 heterocycles. The van der Waals surface area contributed by atoms with Crippen LogP contribution in [0.15, 0.2) is 80.1 Å². The Bertz CT molecular complexity index is 1620. The van der Waals surface area contributed by atoms with E-state index in [0.717, 1.165) is 11.1 Å². The number of amides is 1. The molecule has 0 atom stereocenters. The number of para-hydroxylation sites is 1. The molecule has 0 aliphatic rings. The Morgan fingerprint density at radius 2 is 1.75 bits per heavy atom. The van der Waals surface area contributed by atoms with Gasteiger partial charge in [-0.05, 0) is 60.1 Å². The average molecular weight is 545 g/mol. The van der Waals surface area contributed by atoms with Crippen LogP contribution in [0.5, 0.6) is 5.75 Å². The molecule has 7 nitrogen and oxygen atoms in total. The highest BCUT2D eigenvalue weighted by atomic mass is 79.9. The molecule has 8 heteroatoms. The highest BCUT2D eigenvalue weighted by Gasteiger charge is 2.27. The normalized spacial score (nSPS) is 11.0. The van der Waals surface area contributed by atoms with Crippen molar-refractivity contribution in [3.05, 3.63) is 99.3 Å². The number of aryl methyl sites for hydroxylation is 2. The first-order chi connectivity index (χ1) is 17.4. The number of hydrogen-bond acceptors (Lipinski definition) is 6. The maximum atomic E-state index is 13.6. The third kappa shape index (κ3) is 4.20. The van der Waals surface area contributed by atoms with E-state index in [1.807, 2.05) is 37.3 Å². The van der Waals surface area contributed by atoms with Crippen molar-refractivity contribution in [2.45, 2.75) is 13.8 Å². The number of nitrogens with one attached hydrogen (secondary N) is 1. The molecular weight excluding hydrogens is 524 g/mol. The average Bonchev–Trinajstić information content (AvgIpc) is 3.44. The minimum absolute atomic E-state index is 0.0209. The summed E-state index contributed by atoms with van der Waals surface area (Å²) in [5.41, 5.74) is 3.66. The molecule has 2 aromatic heterocycles. The van der Waals surface area contributed by atoms with E-state index in [2.05, 4.69) is 26.4 Å². The molecule has 5 rings (SSSR count). The third-order valence-corrected chi connectivity index (χ3v) is 6.48. The molecule has 36 heavy (non-hydrogen) atoms. The largest absolute Gasteiger partial charge is 0.496 e. The minimum atomic E-state index is -0.458. The van der Waals surface area contributed by atoms with Crippen molar-refractivity contribution in [3.8, 4) is 17.1 Å². The Labute approximate surface area is 215 Å². The van der Waals surface area contributed by atoms with Gasteiger partial charge >= 0.3 is 0 Å². The number of aromatic nitrogens is 1. The third-order valence-electron chi connectivity index (χ3n) is 5.86. The predicted octanol–water partition coefficient (Wildman–Crippen LogP) is 6.96. The molecule has 0 bridgehead atoms. The molecular formula is C28H21BrN2O5. The van der Waals surface area contributed by atoms with Crippen LogP contribution in [-0.4, -0.2) is 24.0 Å². The summed E-state index contributed by atoms with van der Waals surface area (Å²) in [6.45, 7) is 3.68. The standard InChI is InChI=1S/C28H21BrN2O5/c1-15-8-10-17(11-9-15)26-23(16(2)31-36-26)28(33)30-24-19-6-4-5-7-21(19)35-27(24)25(32)18-12-13-22(34-3)20(29)14-18/h4-14H,1-3H3,(H,30,33). The van der Waals surface area contributed by atoms with E-state index in [0.29, 0.717) is 38.2 Å². The van der Waals surface area contributed by atoms with Gasteiger partial charge in [0.15, 0.2) is 11.5 Å². The second kappa shape index (κ2) is 9.47. The molecule has 0 saturated heterocycles. The monoisotopic (exact) mass is 544 g/mol. The molecule has 1 N–H and O–H groups in total. The lowest BCUT2D eigenvalue weighted by atomic mass is 10.0. The van der Waals surface area contributed by atoms with Crippen molar-refractivity contribution in [3.63, 3.8) is 0 Å². The van der Waals surface area contributed by atoms with Crippen LogP contribution >= 0.6 is 15.9 Å². The number of methoxy groups -OCH3 is 1. The molecule has 0 saturated carbocycles. The lowest BCUT2D eigenvalue weighted by Crippen LogP contribution is -2.15. The van der Waals surface area contributed by atoms with Gasteiger partial charge in [0.25, 0.3) is 5.91 Å². The van der Waals surface area contributed by atoms with Crippen molar-refractivity contribution >= 4 is 44.3 Å². The molecule has 0 fully saturated rings.